The summed E-state index contributed by atoms with van der Waals surface area (Å²) in [7, 11) is 0. The average molecular weight is 373 g/mol. The van der Waals surface area contributed by atoms with Gasteiger partial charge in [0.05, 0.1) is 10.0 Å². The molecule has 1 atom stereocenters. The van der Waals surface area contributed by atoms with Gasteiger partial charge in [0.1, 0.15) is 6.04 Å². The Hall–Kier alpha value is -2.05. The summed E-state index contributed by atoms with van der Waals surface area (Å²) in [6, 6.07) is 4.17. The fourth-order valence-corrected chi connectivity index (χ4v) is 1.95. The second kappa shape index (κ2) is 9.95. The van der Waals surface area contributed by atoms with E-state index in [0.717, 1.165) is 0 Å². The minimum atomic E-state index is -0.706. The normalized spacial score (nSPS) is 11.8. The quantitative estimate of drug-likeness (QED) is 0.567. The number of likely N-dealkylation sites (N-methyl/N-ethyl adjacent to an activating group) is 1. The van der Waals surface area contributed by atoms with Gasteiger partial charge in [-0.3, -0.25) is 9.59 Å². The largest absolute Gasteiger partial charge is 0.452 e. The van der Waals surface area contributed by atoms with Crippen molar-refractivity contribution in [3.8, 4) is 0 Å². The van der Waals surface area contributed by atoms with Gasteiger partial charge in [-0.15, -0.1) is 0 Å². The molecular weight excluding hydrogens is 355 g/mol. The van der Waals surface area contributed by atoms with Gasteiger partial charge in [-0.1, -0.05) is 29.3 Å². The third-order valence-corrected chi connectivity index (χ3v) is 3.56. The summed E-state index contributed by atoms with van der Waals surface area (Å²) in [6.07, 6.45) is 2.65. The molecule has 24 heavy (non-hydrogen) atoms. The summed E-state index contributed by atoms with van der Waals surface area (Å²) >= 11 is 11.7. The summed E-state index contributed by atoms with van der Waals surface area (Å²) in [5.41, 5.74) is 0.663. The summed E-state index contributed by atoms with van der Waals surface area (Å²) in [5.74, 6) is -1.57. The topological polar surface area (TPSA) is 84.5 Å². The Kier molecular flexibility index (Phi) is 8.29. The summed E-state index contributed by atoms with van der Waals surface area (Å²) in [5, 5.41) is 5.77. The lowest BCUT2D eigenvalue weighted by atomic mass is 10.2. The second-order valence-corrected chi connectivity index (χ2v) is 5.61. The number of esters is 1. The molecule has 1 aromatic rings. The van der Waals surface area contributed by atoms with Crippen molar-refractivity contribution in [3.63, 3.8) is 0 Å². The number of rotatable bonds is 7. The summed E-state index contributed by atoms with van der Waals surface area (Å²) in [4.78, 5) is 34.6. The lowest BCUT2D eigenvalue weighted by molar-refractivity contribution is -0.144. The molecular formula is C16H18Cl2N2O4. The van der Waals surface area contributed by atoms with E-state index < -0.39 is 24.5 Å². The fourth-order valence-electron chi connectivity index (χ4n) is 1.64. The van der Waals surface area contributed by atoms with Crippen molar-refractivity contribution in [1.82, 2.24) is 10.6 Å². The van der Waals surface area contributed by atoms with Gasteiger partial charge in [0.15, 0.2) is 6.61 Å². The molecule has 0 fully saturated rings. The highest BCUT2D eigenvalue weighted by atomic mass is 35.5. The predicted octanol–water partition coefficient (Wildman–Crippen LogP) is 2.19. The Bertz CT molecular complexity index is 647. The molecule has 0 saturated heterocycles. The standard InChI is InChI=1S/C16H18Cl2N2O4/c1-3-19-16(23)10(2)20-14(21)9-24-15(22)7-5-11-4-6-12(17)13(18)8-11/h4-8,10H,3,9H2,1-2H3,(H,19,23)(H,20,21)/b7-5+/t10-/m1/s1. The molecule has 0 saturated carbocycles. The zero-order valence-corrected chi connectivity index (χ0v) is 14.8. The van der Waals surface area contributed by atoms with Crippen LogP contribution < -0.4 is 10.6 Å². The van der Waals surface area contributed by atoms with Crippen LogP contribution in [0.3, 0.4) is 0 Å². The number of amides is 2. The average Bonchev–Trinajstić information content (AvgIpc) is 2.54. The number of hydrogen-bond donors (Lipinski definition) is 2. The number of halogens is 2. The van der Waals surface area contributed by atoms with Gasteiger partial charge in [-0.05, 0) is 37.6 Å². The van der Waals surface area contributed by atoms with Crippen molar-refractivity contribution in [2.45, 2.75) is 19.9 Å². The molecule has 130 valence electrons. The molecule has 1 aromatic carbocycles. The number of carbonyl (C=O) groups is 3. The number of ether oxygens (including phenoxy) is 1. The molecule has 8 heteroatoms. The van der Waals surface area contributed by atoms with Gasteiger partial charge < -0.3 is 15.4 Å². The van der Waals surface area contributed by atoms with Gasteiger partial charge in [0, 0.05) is 12.6 Å². The molecule has 0 unspecified atom stereocenters. The zero-order valence-electron chi connectivity index (χ0n) is 13.3. The van der Waals surface area contributed by atoms with E-state index in [2.05, 4.69) is 10.6 Å². The first kappa shape index (κ1) is 20.0. The zero-order chi connectivity index (χ0) is 18.1. The molecule has 0 aliphatic carbocycles. The molecule has 0 aliphatic rings. The van der Waals surface area contributed by atoms with E-state index in [1.807, 2.05) is 0 Å². The van der Waals surface area contributed by atoms with Gasteiger partial charge >= 0.3 is 5.97 Å². The van der Waals surface area contributed by atoms with Crippen LogP contribution in [0.4, 0.5) is 0 Å². The molecule has 1 rings (SSSR count). The lowest BCUT2D eigenvalue weighted by Crippen LogP contribution is -2.46. The molecule has 0 radical (unpaired) electrons. The van der Waals surface area contributed by atoms with E-state index in [0.29, 0.717) is 22.2 Å². The summed E-state index contributed by atoms with van der Waals surface area (Å²) in [6.45, 7) is 3.30. The van der Waals surface area contributed by atoms with Crippen LogP contribution in [0.5, 0.6) is 0 Å². The van der Waals surface area contributed by atoms with Crippen molar-refractivity contribution >= 4 is 47.1 Å². The van der Waals surface area contributed by atoms with Gasteiger partial charge in [0.2, 0.25) is 5.91 Å². The van der Waals surface area contributed by atoms with Gasteiger partial charge in [0.25, 0.3) is 5.91 Å². The van der Waals surface area contributed by atoms with Crippen LogP contribution >= 0.6 is 23.2 Å². The van der Waals surface area contributed by atoms with E-state index in [1.165, 1.54) is 19.1 Å². The van der Waals surface area contributed by atoms with E-state index in [1.54, 1.807) is 25.1 Å². The Morgan fingerprint density at radius 3 is 2.58 bits per heavy atom. The van der Waals surface area contributed by atoms with Crippen molar-refractivity contribution in [2.24, 2.45) is 0 Å². The Balaban J connectivity index is 2.42. The highest BCUT2D eigenvalue weighted by Gasteiger charge is 2.15. The van der Waals surface area contributed by atoms with Gasteiger partial charge in [-0.25, -0.2) is 4.79 Å². The molecule has 0 aliphatic heterocycles. The van der Waals surface area contributed by atoms with Crippen LogP contribution in [0.2, 0.25) is 10.0 Å². The maximum absolute atomic E-state index is 11.6. The monoisotopic (exact) mass is 372 g/mol. The van der Waals surface area contributed by atoms with Crippen molar-refractivity contribution < 1.29 is 19.1 Å². The molecule has 0 aromatic heterocycles. The van der Waals surface area contributed by atoms with Crippen LogP contribution in [0, 0.1) is 0 Å². The van der Waals surface area contributed by atoms with E-state index in [4.69, 9.17) is 27.9 Å². The molecule has 0 heterocycles. The molecule has 6 nitrogen and oxygen atoms in total. The van der Waals surface area contributed by atoms with Crippen LogP contribution in [0.1, 0.15) is 19.4 Å². The van der Waals surface area contributed by atoms with Crippen LogP contribution in [0.15, 0.2) is 24.3 Å². The van der Waals surface area contributed by atoms with Crippen molar-refractivity contribution in [3.05, 3.63) is 39.9 Å². The number of carbonyl (C=O) groups excluding carboxylic acids is 3. The highest BCUT2D eigenvalue weighted by molar-refractivity contribution is 6.42. The molecule has 2 amide bonds. The first-order valence-electron chi connectivity index (χ1n) is 7.20. The Morgan fingerprint density at radius 2 is 1.96 bits per heavy atom. The lowest BCUT2D eigenvalue weighted by Gasteiger charge is -2.12. The maximum atomic E-state index is 11.6. The Morgan fingerprint density at radius 1 is 1.25 bits per heavy atom. The second-order valence-electron chi connectivity index (χ2n) is 4.80. The number of nitrogens with one attached hydrogen (secondary N) is 2. The predicted molar refractivity (Wildman–Crippen MR) is 92.7 cm³/mol. The maximum Gasteiger partial charge on any atom is 0.331 e. The van der Waals surface area contributed by atoms with Gasteiger partial charge in [-0.2, -0.15) is 0 Å². The van der Waals surface area contributed by atoms with Crippen molar-refractivity contribution in [1.29, 1.82) is 0 Å². The smallest absolute Gasteiger partial charge is 0.331 e. The van der Waals surface area contributed by atoms with Crippen LogP contribution in [-0.2, 0) is 19.1 Å². The SMILES string of the molecule is CCNC(=O)[C@@H](C)NC(=O)COC(=O)/C=C/c1ccc(Cl)c(Cl)c1. The highest BCUT2D eigenvalue weighted by Crippen LogP contribution is 2.23. The first-order chi connectivity index (χ1) is 11.3. The van der Waals surface area contributed by atoms with Crippen LogP contribution in [0.25, 0.3) is 6.08 Å². The molecule has 0 bridgehead atoms. The fraction of sp³-hybridized carbons (Fsp3) is 0.312. The van der Waals surface area contributed by atoms with E-state index >= 15 is 0 Å². The number of benzene rings is 1. The third kappa shape index (κ3) is 7.02. The Labute approximate surface area is 150 Å². The van der Waals surface area contributed by atoms with Crippen LogP contribution in [-0.4, -0.2) is 37.0 Å². The van der Waals surface area contributed by atoms with E-state index in [-0.39, 0.29) is 5.91 Å². The first-order valence-corrected chi connectivity index (χ1v) is 7.96. The van der Waals surface area contributed by atoms with E-state index in [9.17, 15) is 14.4 Å². The minimum Gasteiger partial charge on any atom is -0.452 e. The number of hydrogen-bond acceptors (Lipinski definition) is 4. The molecule has 0 spiro atoms. The van der Waals surface area contributed by atoms with Crippen molar-refractivity contribution in [2.75, 3.05) is 13.2 Å². The minimum absolute atomic E-state index is 0.309. The third-order valence-electron chi connectivity index (χ3n) is 2.82. The summed E-state index contributed by atoms with van der Waals surface area (Å²) < 4.78 is 4.79. The molecule has 2 N–H and O–H groups in total.